The Morgan fingerprint density at radius 1 is 1.12 bits per heavy atom. The molecular formula is C23H34N4O4S. The van der Waals surface area contributed by atoms with Crippen molar-refractivity contribution in [3.63, 3.8) is 0 Å². The number of nitrogens with zero attached hydrogens (tertiary/aromatic N) is 3. The molecule has 0 unspecified atom stereocenters. The van der Waals surface area contributed by atoms with E-state index >= 15 is 0 Å². The molecule has 0 radical (unpaired) electrons. The van der Waals surface area contributed by atoms with Crippen LogP contribution < -0.4 is 5.32 Å². The van der Waals surface area contributed by atoms with Gasteiger partial charge in [0.2, 0.25) is 21.8 Å². The summed E-state index contributed by atoms with van der Waals surface area (Å²) in [5.74, 6) is -0.217. The smallest absolute Gasteiger partial charge is 0.243 e. The number of hydrogen-bond donors (Lipinski definition) is 1. The van der Waals surface area contributed by atoms with Crippen molar-refractivity contribution in [1.29, 1.82) is 0 Å². The second kappa shape index (κ2) is 11.3. The third-order valence-corrected chi connectivity index (χ3v) is 6.80. The second-order valence-electron chi connectivity index (χ2n) is 8.32. The van der Waals surface area contributed by atoms with Gasteiger partial charge in [-0.25, -0.2) is 8.42 Å². The van der Waals surface area contributed by atoms with E-state index in [0.717, 1.165) is 5.69 Å². The number of rotatable bonds is 11. The summed E-state index contributed by atoms with van der Waals surface area (Å²) in [6.45, 7) is 8.30. The number of aryl methyl sites for hydroxylation is 1. The van der Waals surface area contributed by atoms with Gasteiger partial charge in [-0.3, -0.25) is 9.59 Å². The fourth-order valence-electron chi connectivity index (χ4n) is 3.40. The minimum Gasteiger partial charge on any atom is -0.353 e. The zero-order valence-electron chi connectivity index (χ0n) is 19.5. The molecule has 0 bridgehead atoms. The molecule has 0 fully saturated rings. The van der Waals surface area contributed by atoms with Gasteiger partial charge >= 0.3 is 0 Å². The number of sulfonamides is 1. The van der Waals surface area contributed by atoms with E-state index in [-0.39, 0.29) is 35.7 Å². The first-order valence-electron chi connectivity index (χ1n) is 10.8. The summed E-state index contributed by atoms with van der Waals surface area (Å²) in [7, 11) is -1.95. The van der Waals surface area contributed by atoms with Crippen molar-refractivity contribution in [2.24, 2.45) is 13.0 Å². The maximum Gasteiger partial charge on any atom is 0.243 e. The Bertz CT molecular complexity index is 1010. The van der Waals surface area contributed by atoms with Gasteiger partial charge in [-0.05, 0) is 48.7 Å². The summed E-state index contributed by atoms with van der Waals surface area (Å²) in [5, 5.41) is 2.62. The normalized spacial score (nSPS) is 11.7. The molecule has 0 aliphatic rings. The first kappa shape index (κ1) is 25.6. The van der Waals surface area contributed by atoms with Crippen LogP contribution in [0.15, 0.2) is 47.5 Å². The lowest BCUT2D eigenvalue weighted by Gasteiger charge is -2.28. The van der Waals surface area contributed by atoms with Crippen molar-refractivity contribution in [2.45, 2.75) is 45.6 Å². The predicted molar refractivity (Wildman–Crippen MR) is 125 cm³/mol. The molecule has 1 N–H and O–H groups in total. The van der Waals surface area contributed by atoms with Gasteiger partial charge in [0.1, 0.15) is 0 Å². The highest BCUT2D eigenvalue weighted by Crippen LogP contribution is 2.20. The van der Waals surface area contributed by atoms with Crippen molar-refractivity contribution >= 4 is 27.5 Å². The largest absolute Gasteiger partial charge is 0.353 e. The van der Waals surface area contributed by atoms with Crippen LogP contribution in [0.5, 0.6) is 0 Å². The Labute approximate surface area is 191 Å². The van der Waals surface area contributed by atoms with Gasteiger partial charge in [0.05, 0.1) is 18.0 Å². The van der Waals surface area contributed by atoms with E-state index in [1.165, 1.54) is 23.4 Å². The number of anilines is 1. The van der Waals surface area contributed by atoms with Gasteiger partial charge in [-0.15, -0.1) is 0 Å². The quantitative estimate of drug-likeness (QED) is 0.556. The molecule has 1 aromatic carbocycles. The van der Waals surface area contributed by atoms with E-state index in [1.807, 2.05) is 50.7 Å². The third-order valence-electron chi connectivity index (χ3n) is 4.94. The van der Waals surface area contributed by atoms with Crippen LogP contribution in [-0.4, -0.2) is 53.6 Å². The summed E-state index contributed by atoms with van der Waals surface area (Å²) in [6.07, 6.45) is 2.50. The summed E-state index contributed by atoms with van der Waals surface area (Å²) in [6, 6.07) is 9.86. The second-order valence-corrected chi connectivity index (χ2v) is 10.3. The molecule has 0 saturated heterocycles. The maximum absolute atomic E-state index is 13.3. The molecule has 2 rings (SSSR count). The van der Waals surface area contributed by atoms with Crippen molar-refractivity contribution in [2.75, 3.05) is 25.0 Å². The molecule has 32 heavy (non-hydrogen) atoms. The molecule has 0 aliphatic carbocycles. The topological polar surface area (TPSA) is 91.7 Å². The summed E-state index contributed by atoms with van der Waals surface area (Å²) in [4.78, 5) is 26.2. The highest BCUT2D eigenvalue weighted by molar-refractivity contribution is 7.89. The van der Waals surface area contributed by atoms with Crippen molar-refractivity contribution in [3.8, 4) is 0 Å². The number of carbonyl (C=O) groups excluding carboxylic acids is 2. The lowest BCUT2D eigenvalue weighted by atomic mass is 10.2. The Balaban J connectivity index is 2.24. The lowest BCUT2D eigenvalue weighted by Crippen LogP contribution is -2.44. The molecule has 2 amide bonds. The Morgan fingerprint density at radius 3 is 2.28 bits per heavy atom. The fraction of sp³-hybridized carbons (Fsp3) is 0.478. The average Bonchev–Trinajstić information content (AvgIpc) is 3.11. The van der Waals surface area contributed by atoms with Crippen LogP contribution in [0.25, 0.3) is 0 Å². The van der Waals surface area contributed by atoms with Gasteiger partial charge in [0.15, 0.2) is 0 Å². The van der Waals surface area contributed by atoms with Crippen LogP contribution in [0.3, 0.4) is 0 Å². The van der Waals surface area contributed by atoms with Crippen LogP contribution in [0.1, 0.15) is 39.8 Å². The standard InChI is InChI=1S/C23H34N4O4S/c1-6-13-27(32(30,31)22-11-9-20(10-12-22)24-19(4)28)17-23(29)26(15-18(2)3)16-21-8-7-14-25(21)5/h7-12,14,18H,6,13,15-17H2,1-5H3,(H,24,28). The van der Waals surface area contributed by atoms with E-state index in [0.29, 0.717) is 25.2 Å². The third kappa shape index (κ3) is 6.93. The number of aromatic nitrogens is 1. The van der Waals surface area contributed by atoms with Crippen LogP contribution in [0, 0.1) is 5.92 Å². The molecule has 0 saturated carbocycles. The molecule has 1 heterocycles. The summed E-state index contributed by atoms with van der Waals surface area (Å²) >= 11 is 0. The van der Waals surface area contributed by atoms with Crippen LogP contribution in [0.2, 0.25) is 0 Å². The molecule has 9 heteroatoms. The molecule has 0 atom stereocenters. The Hall–Kier alpha value is -2.65. The van der Waals surface area contributed by atoms with E-state index in [1.54, 1.807) is 17.0 Å². The van der Waals surface area contributed by atoms with Crippen LogP contribution in [-0.2, 0) is 33.2 Å². The minimum absolute atomic E-state index is 0.0886. The lowest BCUT2D eigenvalue weighted by molar-refractivity contribution is -0.132. The first-order valence-corrected chi connectivity index (χ1v) is 12.2. The van der Waals surface area contributed by atoms with Gasteiger partial charge < -0.3 is 14.8 Å². The van der Waals surface area contributed by atoms with Gasteiger partial charge in [-0.1, -0.05) is 20.8 Å². The Morgan fingerprint density at radius 2 is 1.78 bits per heavy atom. The monoisotopic (exact) mass is 462 g/mol. The van der Waals surface area contributed by atoms with Gasteiger partial charge in [0, 0.05) is 44.6 Å². The molecule has 0 aliphatic heterocycles. The minimum atomic E-state index is -3.87. The number of carbonyl (C=O) groups is 2. The summed E-state index contributed by atoms with van der Waals surface area (Å²) in [5.41, 5.74) is 1.50. The number of benzene rings is 1. The molecular weight excluding hydrogens is 428 g/mol. The number of nitrogens with one attached hydrogen (secondary N) is 1. The van der Waals surface area contributed by atoms with E-state index in [2.05, 4.69) is 5.32 Å². The summed E-state index contributed by atoms with van der Waals surface area (Å²) < 4.78 is 29.7. The maximum atomic E-state index is 13.3. The highest BCUT2D eigenvalue weighted by Gasteiger charge is 2.28. The van der Waals surface area contributed by atoms with E-state index in [9.17, 15) is 18.0 Å². The molecule has 176 valence electrons. The number of amides is 2. The molecule has 0 spiro atoms. The molecule has 2 aromatic rings. The van der Waals surface area contributed by atoms with E-state index in [4.69, 9.17) is 0 Å². The zero-order chi connectivity index (χ0) is 23.9. The van der Waals surface area contributed by atoms with E-state index < -0.39 is 10.0 Å². The fourth-order valence-corrected chi connectivity index (χ4v) is 4.88. The van der Waals surface area contributed by atoms with Crippen molar-refractivity contribution < 1.29 is 18.0 Å². The molecule has 8 nitrogen and oxygen atoms in total. The van der Waals surface area contributed by atoms with Gasteiger partial charge in [0.25, 0.3) is 0 Å². The molecule has 1 aromatic heterocycles. The SMILES string of the molecule is CCCN(CC(=O)N(Cc1cccn1C)CC(C)C)S(=O)(=O)c1ccc(NC(C)=O)cc1. The Kier molecular flexibility index (Phi) is 9.03. The van der Waals surface area contributed by atoms with Crippen LogP contribution >= 0.6 is 0 Å². The average molecular weight is 463 g/mol. The zero-order valence-corrected chi connectivity index (χ0v) is 20.4. The van der Waals surface area contributed by atoms with Crippen molar-refractivity contribution in [1.82, 2.24) is 13.8 Å². The number of hydrogen-bond acceptors (Lipinski definition) is 4. The highest BCUT2D eigenvalue weighted by atomic mass is 32.2. The van der Waals surface area contributed by atoms with Crippen molar-refractivity contribution in [3.05, 3.63) is 48.3 Å². The van der Waals surface area contributed by atoms with Gasteiger partial charge in [-0.2, -0.15) is 4.31 Å². The van der Waals surface area contributed by atoms with Crippen LogP contribution in [0.4, 0.5) is 5.69 Å². The first-order chi connectivity index (χ1) is 15.0. The predicted octanol–water partition coefficient (Wildman–Crippen LogP) is 3.07.